The van der Waals surface area contributed by atoms with E-state index in [-0.39, 0.29) is 5.91 Å². The van der Waals surface area contributed by atoms with Gasteiger partial charge >= 0.3 is 0 Å². The Hall–Kier alpha value is -1.80. The molecule has 1 fully saturated rings. The molecular formula is C15H21N5O2S. The second kappa shape index (κ2) is 7.18. The summed E-state index contributed by atoms with van der Waals surface area (Å²) >= 11 is 1.44. The first-order valence-corrected chi connectivity index (χ1v) is 8.73. The standard InChI is InChI=1S/C15H21N5O2S/c1-3-20-14(12-5-4-10-22-12)16-17-15(20)23-11-13(21)19-8-6-18(2)7-9-19/h4-5,10H,3,6-9,11H2,1-2H3. The molecule has 1 aliphatic heterocycles. The van der Waals surface area contributed by atoms with E-state index in [0.29, 0.717) is 17.3 Å². The molecule has 1 amide bonds. The Morgan fingerprint density at radius 1 is 1.30 bits per heavy atom. The maximum atomic E-state index is 12.3. The second-order valence-electron chi connectivity index (χ2n) is 5.50. The van der Waals surface area contributed by atoms with Crippen LogP contribution in [0.5, 0.6) is 0 Å². The molecule has 0 bridgehead atoms. The monoisotopic (exact) mass is 335 g/mol. The Labute approximate surface area is 139 Å². The Kier molecular flexibility index (Phi) is 5.02. The highest BCUT2D eigenvalue weighted by Crippen LogP contribution is 2.24. The summed E-state index contributed by atoms with van der Waals surface area (Å²) in [6.45, 7) is 6.23. The van der Waals surface area contributed by atoms with Gasteiger partial charge in [-0.3, -0.25) is 9.36 Å². The predicted molar refractivity (Wildman–Crippen MR) is 88.2 cm³/mol. The zero-order valence-electron chi connectivity index (χ0n) is 13.4. The maximum Gasteiger partial charge on any atom is 0.233 e. The number of hydrogen-bond donors (Lipinski definition) is 0. The molecule has 0 atom stereocenters. The van der Waals surface area contributed by atoms with Crippen molar-refractivity contribution in [1.29, 1.82) is 0 Å². The summed E-state index contributed by atoms with van der Waals surface area (Å²) in [6.07, 6.45) is 1.62. The van der Waals surface area contributed by atoms with E-state index < -0.39 is 0 Å². The van der Waals surface area contributed by atoms with Crippen LogP contribution in [0.3, 0.4) is 0 Å². The van der Waals surface area contributed by atoms with Crippen LogP contribution in [0.2, 0.25) is 0 Å². The topological polar surface area (TPSA) is 67.4 Å². The smallest absolute Gasteiger partial charge is 0.233 e. The molecule has 2 aromatic heterocycles. The van der Waals surface area contributed by atoms with Crippen molar-refractivity contribution in [3.63, 3.8) is 0 Å². The molecule has 3 rings (SSSR count). The third-order valence-electron chi connectivity index (χ3n) is 3.96. The Morgan fingerprint density at radius 3 is 2.74 bits per heavy atom. The summed E-state index contributed by atoms with van der Waals surface area (Å²) in [5, 5.41) is 9.16. The lowest BCUT2D eigenvalue weighted by Gasteiger charge is -2.32. The first-order valence-electron chi connectivity index (χ1n) is 7.75. The lowest BCUT2D eigenvalue weighted by molar-refractivity contribution is -0.129. The Morgan fingerprint density at radius 2 is 2.09 bits per heavy atom. The molecule has 0 N–H and O–H groups in total. The first kappa shape index (κ1) is 16.1. The number of carbonyl (C=O) groups is 1. The van der Waals surface area contributed by atoms with Gasteiger partial charge in [0.25, 0.3) is 0 Å². The fourth-order valence-electron chi connectivity index (χ4n) is 2.54. The fourth-order valence-corrected chi connectivity index (χ4v) is 3.45. The average molecular weight is 335 g/mol. The molecule has 1 saturated heterocycles. The van der Waals surface area contributed by atoms with Crippen LogP contribution in [0, 0.1) is 0 Å². The van der Waals surface area contributed by atoms with Crippen LogP contribution in [0.15, 0.2) is 28.0 Å². The highest BCUT2D eigenvalue weighted by Gasteiger charge is 2.21. The molecule has 0 spiro atoms. The molecule has 0 unspecified atom stereocenters. The summed E-state index contributed by atoms with van der Waals surface area (Å²) in [5.41, 5.74) is 0. The number of thioether (sulfide) groups is 1. The van der Waals surface area contributed by atoms with Crippen LogP contribution < -0.4 is 0 Å². The number of rotatable bonds is 5. The van der Waals surface area contributed by atoms with E-state index in [1.807, 2.05) is 28.5 Å². The lowest BCUT2D eigenvalue weighted by atomic mass is 10.3. The zero-order chi connectivity index (χ0) is 16.2. The van der Waals surface area contributed by atoms with Gasteiger partial charge in [0.15, 0.2) is 16.7 Å². The first-order chi connectivity index (χ1) is 11.2. The molecule has 0 aromatic carbocycles. The predicted octanol–water partition coefficient (Wildman–Crippen LogP) is 1.42. The number of amides is 1. The summed E-state index contributed by atoms with van der Waals surface area (Å²) < 4.78 is 7.37. The molecule has 3 heterocycles. The fraction of sp³-hybridized carbons (Fsp3) is 0.533. The minimum atomic E-state index is 0.160. The SMILES string of the molecule is CCn1c(SCC(=O)N2CCN(C)CC2)nnc1-c1ccco1. The van der Waals surface area contributed by atoms with E-state index in [1.54, 1.807) is 6.26 Å². The minimum Gasteiger partial charge on any atom is -0.461 e. The van der Waals surface area contributed by atoms with Crippen molar-refractivity contribution in [2.75, 3.05) is 39.0 Å². The minimum absolute atomic E-state index is 0.160. The van der Waals surface area contributed by atoms with E-state index >= 15 is 0 Å². The number of aromatic nitrogens is 3. The van der Waals surface area contributed by atoms with Crippen molar-refractivity contribution in [2.45, 2.75) is 18.6 Å². The van der Waals surface area contributed by atoms with Crippen LogP contribution >= 0.6 is 11.8 Å². The van der Waals surface area contributed by atoms with Crippen molar-refractivity contribution in [3.8, 4) is 11.6 Å². The molecule has 0 saturated carbocycles. The van der Waals surface area contributed by atoms with Gasteiger partial charge in [-0.25, -0.2) is 0 Å². The third kappa shape index (κ3) is 3.59. The summed E-state index contributed by atoms with van der Waals surface area (Å²) in [7, 11) is 2.08. The summed E-state index contributed by atoms with van der Waals surface area (Å²) in [5.74, 6) is 1.94. The highest BCUT2D eigenvalue weighted by molar-refractivity contribution is 7.99. The third-order valence-corrected chi connectivity index (χ3v) is 4.91. The van der Waals surface area contributed by atoms with E-state index in [1.165, 1.54) is 11.8 Å². The van der Waals surface area contributed by atoms with Crippen molar-refractivity contribution >= 4 is 17.7 Å². The molecule has 23 heavy (non-hydrogen) atoms. The molecular weight excluding hydrogens is 314 g/mol. The number of nitrogens with zero attached hydrogens (tertiary/aromatic N) is 5. The largest absolute Gasteiger partial charge is 0.461 e. The van der Waals surface area contributed by atoms with Crippen LogP contribution in [0.25, 0.3) is 11.6 Å². The maximum absolute atomic E-state index is 12.3. The summed E-state index contributed by atoms with van der Waals surface area (Å²) in [6, 6.07) is 3.69. The zero-order valence-corrected chi connectivity index (χ0v) is 14.3. The van der Waals surface area contributed by atoms with Crippen LogP contribution in [-0.2, 0) is 11.3 Å². The Bertz CT molecular complexity index is 647. The number of hydrogen-bond acceptors (Lipinski definition) is 6. The highest BCUT2D eigenvalue weighted by atomic mass is 32.2. The molecule has 0 aliphatic carbocycles. The van der Waals surface area contributed by atoms with E-state index in [0.717, 1.165) is 37.9 Å². The van der Waals surface area contributed by atoms with Gasteiger partial charge in [0.1, 0.15) is 0 Å². The second-order valence-corrected chi connectivity index (χ2v) is 6.44. The molecule has 2 aromatic rings. The molecule has 8 heteroatoms. The van der Waals surface area contributed by atoms with E-state index in [9.17, 15) is 4.79 Å². The normalized spacial score (nSPS) is 16.0. The number of furan rings is 1. The van der Waals surface area contributed by atoms with Crippen LogP contribution in [0.4, 0.5) is 0 Å². The molecule has 124 valence electrons. The van der Waals surface area contributed by atoms with Crippen molar-refractivity contribution in [1.82, 2.24) is 24.6 Å². The molecule has 7 nitrogen and oxygen atoms in total. The number of piperazine rings is 1. The molecule has 0 radical (unpaired) electrons. The van der Waals surface area contributed by atoms with Gasteiger partial charge in [-0.15, -0.1) is 10.2 Å². The van der Waals surface area contributed by atoms with Gasteiger partial charge in [0, 0.05) is 32.7 Å². The van der Waals surface area contributed by atoms with Gasteiger partial charge in [-0.05, 0) is 26.1 Å². The van der Waals surface area contributed by atoms with E-state index in [4.69, 9.17) is 4.42 Å². The van der Waals surface area contributed by atoms with Crippen molar-refractivity contribution in [2.24, 2.45) is 0 Å². The van der Waals surface area contributed by atoms with Gasteiger partial charge in [0.2, 0.25) is 5.91 Å². The lowest BCUT2D eigenvalue weighted by Crippen LogP contribution is -2.47. The van der Waals surface area contributed by atoms with Gasteiger partial charge in [-0.1, -0.05) is 11.8 Å². The summed E-state index contributed by atoms with van der Waals surface area (Å²) in [4.78, 5) is 16.5. The molecule has 1 aliphatic rings. The van der Waals surface area contributed by atoms with Crippen LogP contribution in [0.1, 0.15) is 6.92 Å². The average Bonchev–Trinajstić information content (AvgIpc) is 3.22. The van der Waals surface area contributed by atoms with Gasteiger partial charge < -0.3 is 14.2 Å². The van der Waals surface area contributed by atoms with E-state index in [2.05, 4.69) is 22.1 Å². The van der Waals surface area contributed by atoms with Crippen molar-refractivity contribution < 1.29 is 9.21 Å². The van der Waals surface area contributed by atoms with Crippen molar-refractivity contribution in [3.05, 3.63) is 18.4 Å². The quantitative estimate of drug-likeness (QED) is 0.770. The number of carbonyl (C=O) groups excluding carboxylic acids is 1. The Balaban J connectivity index is 1.63. The van der Waals surface area contributed by atoms with Gasteiger partial charge in [-0.2, -0.15) is 0 Å². The van der Waals surface area contributed by atoms with Crippen LogP contribution in [-0.4, -0.2) is 69.5 Å². The van der Waals surface area contributed by atoms with Gasteiger partial charge in [0.05, 0.1) is 12.0 Å². The number of likely N-dealkylation sites (N-methyl/N-ethyl adjacent to an activating group) is 1.